The Hall–Kier alpha value is -2.27. The molecule has 1 aliphatic carbocycles. The normalized spacial score (nSPS) is 20.0. The van der Waals surface area contributed by atoms with Gasteiger partial charge in [0.1, 0.15) is 17.8 Å². The standard InChI is InChI=1S/C22H30O5/c1-14-10-15(2)12-22(11-14,26-13-18(24)27-21(4,5)6)19-16(3)8-9-17(23)20(19)25-7/h8-11,23H,12-13H2,1-7H3. The molecule has 0 heterocycles. The molecule has 0 saturated heterocycles. The minimum absolute atomic E-state index is 0.0385. The minimum Gasteiger partial charge on any atom is -0.504 e. The maximum Gasteiger partial charge on any atom is 0.332 e. The van der Waals surface area contributed by atoms with E-state index < -0.39 is 17.2 Å². The third kappa shape index (κ3) is 4.92. The van der Waals surface area contributed by atoms with E-state index in [1.54, 1.807) is 6.07 Å². The summed E-state index contributed by atoms with van der Waals surface area (Å²) in [5.74, 6) is -0.0357. The van der Waals surface area contributed by atoms with Gasteiger partial charge in [0.2, 0.25) is 0 Å². The molecule has 1 aliphatic rings. The van der Waals surface area contributed by atoms with Gasteiger partial charge in [-0.05, 0) is 59.2 Å². The van der Waals surface area contributed by atoms with Gasteiger partial charge in [-0.15, -0.1) is 0 Å². The molecule has 0 amide bonds. The number of aromatic hydroxyl groups is 1. The summed E-state index contributed by atoms with van der Waals surface area (Å²) in [6.07, 6.45) is 4.61. The molecule has 27 heavy (non-hydrogen) atoms. The summed E-state index contributed by atoms with van der Waals surface area (Å²) >= 11 is 0. The van der Waals surface area contributed by atoms with Crippen LogP contribution in [0, 0.1) is 6.92 Å². The highest BCUT2D eigenvalue weighted by Gasteiger charge is 2.39. The second-order valence-electron chi connectivity index (χ2n) is 8.13. The first-order valence-corrected chi connectivity index (χ1v) is 9.07. The van der Waals surface area contributed by atoms with Crippen molar-refractivity contribution in [2.75, 3.05) is 13.7 Å². The number of phenols is 1. The minimum atomic E-state index is -0.923. The molecule has 148 valence electrons. The Balaban J connectivity index is 2.50. The van der Waals surface area contributed by atoms with Crippen LogP contribution in [0.3, 0.4) is 0 Å². The van der Waals surface area contributed by atoms with Crippen molar-refractivity contribution in [3.8, 4) is 11.5 Å². The number of phenolic OH excluding ortho intramolecular Hbond substituents is 1. The first-order chi connectivity index (χ1) is 12.5. The summed E-state index contributed by atoms with van der Waals surface area (Å²) in [4.78, 5) is 12.3. The number of aryl methyl sites for hydroxylation is 1. The molecule has 0 bridgehead atoms. The molecule has 5 heteroatoms. The van der Waals surface area contributed by atoms with Crippen LogP contribution in [-0.2, 0) is 19.9 Å². The summed E-state index contributed by atoms with van der Waals surface area (Å²) in [7, 11) is 1.52. The number of hydrogen-bond acceptors (Lipinski definition) is 5. The highest BCUT2D eigenvalue weighted by atomic mass is 16.6. The van der Waals surface area contributed by atoms with Crippen LogP contribution in [0.15, 0.2) is 35.4 Å². The molecular weight excluding hydrogens is 344 g/mol. The lowest BCUT2D eigenvalue weighted by atomic mass is 9.79. The summed E-state index contributed by atoms with van der Waals surface area (Å²) < 4.78 is 17.1. The molecule has 0 aliphatic heterocycles. The van der Waals surface area contributed by atoms with Crippen LogP contribution in [-0.4, -0.2) is 30.4 Å². The Morgan fingerprint density at radius 3 is 2.44 bits per heavy atom. The van der Waals surface area contributed by atoms with Gasteiger partial charge in [0.25, 0.3) is 0 Å². The molecule has 0 fully saturated rings. The fourth-order valence-electron chi connectivity index (χ4n) is 3.60. The van der Waals surface area contributed by atoms with E-state index in [1.165, 1.54) is 7.11 Å². The number of benzene rings is 1. The van der Waals surface area contributed by atoms with Crippen molar-refractivity contribution in [1.29, 1.82) is 0 Å². The number of rotatable bonds is 5. The van der Waals surface area contributed by atoms with Crippen molar-refractivity contribution in [2.45, 2.75) is 59.2 Å². The molecule has 0 radical (unpaired) electrons. The van der Waals surface area contributed by atoms with E-state index in [1.807, 2.05) is 53.7 Å². The van der Waals surface area contributed by atoms with Crippen LogP contribution in [0.5, 0.6) is 11.5 Å². The predicted octanol–water partition coefficient (Wildman–Crippen LogP) is 4.56. The van der Waals surface area contributed by atoms with Crippen molar-refractivity contribution < 1.29 is 24.1 Å². The van der Waals surface area contributed by atoms with Gasteiger partial charge in [0.05, 0.1) is 7.11 Å². The third-order valence-electron chi connectivity index (χ3n) is 4.32. The van der Waals surface area contributed by atoms with E-state index in [9.17, 15) is 9.90 Å². The number of carbonyl (C=O) groups is 1. The summed E-state index contributed by atoms with van der Waals surface area (Å²) in [6, 6.07) is 3.42. The number of hydrogen-bond donors (Lipinski definition) is 1. The summed E-state index contributed by atoms with van der Waals surface area (Å²) in [5, 5.41) is 10.3. The van der Waals surface area contributed by atoms with Crippen molar-refractivity contribution in [3.05, 3.63) is 46.6 Å². The molecule has 0 aromatic heterocycles. The molecule has 0 spiro atoms. The van der Waals surface area contributed by atoms with Gasteiger partial charge in [0.15, 0.2) is 11.5 Å². The second kappa shape index (κ2) is 7.77. The van der Waals surface area contributed by atoms with Gasteiger partial charge >= 0.3 is 5.97 Å². The molecule has 1 atom stereocenters. The largest absolute Gasteiger partial charge is 0.504 e. The maximum atomic E-state index is 12.3. The van der Waals surface area contributed by atoms with Crippen molar-refractivity contribution in [2.24, 2.45) is 0 Å². The topological polar surface area (TPSA) is 65.0 Å². The fourth-order valence-corrected chi connectivity index (χ4v) is 3.60. The fraction of sp³-hybridized carbons (Fsp3) is 0.500. The average molecular weight is 374 g/mol. The molecule has 1 aromatic carbocycles. The number of allylic oxidation sites excluding steroid dienone is 2. The summed E-state index contributed by atoms with van der Waals surface area (Å²) in [6.45, 7) is 11.2. The van der Waals surface area contributed by atoms with Gasteiger partial charge < -0.3 is 19.3 Å². The third-order valence-corrected chi connectivity index (χ3v) is 4.32. The van der Waals surface area contributed by atoms with Gasteiger partial charge in [-0.2, -0.15) is 0 Å². The monoisotopic (exact) mass is 374 g/mol. The first-order valence-electron chi connectivity index (χ1n) is 9.07. The SMILES string of the molecule is COc1c(O)ccc(C)c1C1(OCC(=O)OC(C)(C)C)C=C(C)C=C(C)C1. The van der Waals surface area contributed by atoms with Crippen LogP contribution in [0.1, 0.15) is 52.2 Å². The molecule has 5 nitrogen and oxygen atoms in total. The van der Waals surface area contributed by atoms with Gasteiger partial charge in [-0.1, -0.05) is 23.3 Å². The number of carbonyl (C=O) groups excluding carboxylic acids is 1. The zero-order valence-corrected chi connectivity index (χ0v) is 17.3. The molecule has 0 saturated carbocycles. The van der Waals surface area contributed by atoms with E-state index in [0.717, 1.165) is 22.3 Å². The zero-order valence-electron chi connectivity index (χ0n) is 17.3. The lowest BCUT2D eigenvalue weighted by Gasteiger charge is -2.37. The zero-order chi connectivity index (χ0) is 20.4. The van der Waals surface area contributed by atoms with Gasteiger partial charge in [-0.3, -0.25) is 0 Å². The van der Waals surface area contributed by atoms with Gasteiger partial charge in [0, 0.05) is 12.0 Å². The summed E-state index contributed by atoms with van der Waals surface area (Å²) in [5.41, 5.74) is 2.26. The predicted molar refractivity (Wildman–Crippen MR) is 105 cm³/mol. The molecule has 1 unspecified atom stereocenters. The van der Waals surface area contributed by atoms with E-state index in [0.29, 0.717) is 12.2 Å². The first kappa shape index (κ1) is 21.0. The Bertz CT molecular complexity index is 783. The number of esters is 1. The number of ether oxygens (including phenoxy) is 3. The lowest BCUT2D eigenvalue weighted by molar-refractivity contribution is -0.165. The van der Waals surface area contributed by atoms with Gasteiger partial charge in [-0.25, -0.2) is 4.79 Å². The van der Waals surface area contributed by atoms with Crippen molar-refractivity contribution >= 4 is 5.97 Å². The van der Waals surface area contributed by atoms with E-state index >= 15 is 0 Å². The quantitative estimate of drug-likeness (QED) is 0.766. The molecular formula is C22H30O5. The maximum absolute atomic E-state index is 12.3. The van der Waals surface area contributed by atoms with Crippen LogP contribution in [0.25, 0.3) is 0 Å². The van der Waals surface area contributed by atoms with Crippen molar-refractivity contribution in [3.63, 3.8) is 0 Å². The Morgan fingerprint density at radius 1 is 1.22 bits per heavy atom. The Labute approximate surface area is 161 Å². The molecule has 1 N–H and O–H groups in total. The van der Waals surface area contributed by atoms with E-state index in [-0.39, 0.29) is 12.4 Å². The Morgan fingerprint density at radius 2 is 1.89 bits per heavy atom. The van der Waals surface area contributed by atoms with Crippen LogP contribution < -0.4 is 4.74 Å². The highest BCUT2D eigenvalue weighted by Crippen LogP contribution is 2.47. The number of methoxy groups -OCH3 is 1. The van der Waals surface area contributed by atoms with E-state index in [4.69, 9.17) is 14.2 Å². The molecule has 2 rings (SSSR count). The van der Waals surface area contributed by atoms with Crippen LogP contribution >= 0.6 is 0 Å². The van der Waals surface area contributed by atoms with Crippen LogP contribution in [0.4, 0.5) is 0 Å². The van der Waals surface area contributed by atoms with Crippen molar-refractivity contribution in [1.82, 2.24) is 0 Å². The second-order valence-corrected chi connectivity index (χ2v) is 8.13. The lowest BCUT2D eigenvalue weighted by Crippen LogP contribution is -2.35. The van der Waals surface area contributed by atoms with E-state index in [2.05, 4.69) is 6.08 Å². The average Bonchev–Trinajstić information content (AvgIpc) is 2.52. The highest BCUT2D eigenvalue weighted by molar-refractivity contribution is 5.71. The smallest absolute Gasteiger partial charge is 0.332 e. The van der Waals surface area contributed by atoms with Crippen LogP contribution in [0.2, 0.25) is 0 Å². The Kier molecular flexibility index (Phi) is 6.05. The molecule has 1 aromatic rings.